The van der Waals surface area contributed by atoms with E-state index in [-0.39, 0.29) is 0 Å². The standard InChI is InChI=1S/C12H13N3O/c1-8-14-12(15-16-8)10-3-2-9-4-5-13-7-11(9)6-10/h2-3,6,13H,4-5,7H2,1H3. The molecule has 0 amide bonds. The van der Waals surface area contributed by atoms with Gasteiger partial charge in [0.25, 0.3) is 0 Å². The molecule has 1 N–H and O–H groups in total. The van der Waals surface area contributed by atoms with Crippen LogP contribution in [0.3, 0.4) is 0 Å². The summed E-state index contributed by atoms with van der Waals surface area (Å²) in [6.45, 7) is 3.80. The van der Waals surface area contributed by atoms with Crippen molar-refractivity contribution in [3.05, 3.63) is 35.2 Å². The van der Waals surface area contributed by atoms with Gasteiger partial charge in [0.15, 0.2) is 0 Å². The molecule has 3 rings (SSSR count). The van der Waals surface area contributed by atoms with Gasteiger partial charge in [0.05, 0.1) is 0 Å². The molecule has 0 radical (unpaired) electrons. The van der Waals surface area contributed by atoms with Gasteiger partial charge in [0.1, 0.15) is 0 Å². The van der Waals surface area contributed by atoms with Crippen molar-refractivity contribution in [2.45, 2.75) is 19.9 Å². The Morgan fingerprint density at radius 3 is 3.06 bits per heavy atom. The van der Waals surface area contributed by atoms with Crippen LogP contribution >= 0.6 is 0 Å². The maximum atomic E-state index is 4.99. The van der Waals surface area contributed by atoms with Crippen molar-refractivity contribution in [1.29, 1.82) is 0 Å². The molecule has 0 atom stereocenters. The summed E-state index contributed by atoms with van der Waals surface area (Å²) in [7, 11) is 0. The van der Waals surface area contributed by atoms with Gasteiger partial charge < -0.3 is 9.84 Å². The molecular formula is C12H13N3O. The highest BCUT2D eigenvalue weighted by molar-refractivity contribution is 5.57. The third-order valence-electron chi connectivity index (χ3n) is 2.88. The Morgan fingerprint density at radius 2 is 2.25 bits per heavy atom. The molecule has 0 unspecified atom stereocenters. The van der Waals surface area contributed by atoms with Crippen molar-refractivity contribution in [1.82, 2.24) is 15.5 Å². The fourth-order valence-electron chi connectivity index (χ4n) is 2.04. The molecule has 0 fully saturated rings. The minimum Gasteiger partial charge on any atom is -0.339 e. The van der Waals surface area contributed by atoms with Crippen molar-refractivity contribution in [2.24, 2.45) is 0 Å². The van der Waals surface area contributed by atoms with E-state index >= 15 is 0 Å². The van der Waals surface area contributed by atoms with Crippen LogP contribution in [0.15, 0.2) is 22.7 Å². The van der Waals surface area contributed by atoms with Crippen LogP contribution < -0.4 is 5.32 Å². The zero-order valence-corrected chi connectivity index (χ0v) is 9.16. The first-order valence-electron chi connectivity index (χ1n) is 5.46. The number of aryl methyl sites for hydroxylation is 1. The summed E-state index contributed by atoms with van der Waals surface area (Å²) in [5.41, 5.74) is 3.79. The van der Waals surface area contributed by atoms with Crippen LogP contribution in [0.2, 0.25) is 0 Å². The van der Waals surface area contributed by atoms with E-state index in [1.165, 1.54) is 11.1 Å². The van der Waals surface area contributed by atoms with Crippen molar-refractivity contribution < 1.29 is 4.52 Å². The van der Waals surface area contributed by atoms with E-state index in [2.05, 4.69) is 33.7 Å². The predicted molar refractivity (Wildman–Crippen MR) is 59.9 cm³/mol. The molecule has 0 spiro atoms. The molecule has 1 aliphatic heterocycles. The molecule has 4 heteroatoms. The minimum absolute atomic E-state index is 0.603. The summed E-state index contributed by atoms with van der Waals surface area (Å²) in [4.78, 5) is 4.23. The first-order valence-corrected chi connectivity index (χ1v) is 5.46. The number of aromatic nitrogens is 2. The van der Waals surface area contributed by atoms with E-state index in [0.717, 1.165) is 25.1 Å². The van der Waals surface area contributed by atoms with Crippen molar-refractivity contribution >= 4 is 0 Å². The lowest BCUT2D eigenvalue weighted by Crippen LogP contribution is -2.23. The van der Waals surface area contributed by atoms with Crippen LogP contribution in [0.25, 0.3) is 11.4 Å². The molecule has 1 aromatic heterocycles. The average molecular weight is 215 g/mol. The second kappa shape index (κ2) is 3.72. The highest BCUT2D eigenvalue weighted by Gasteiger charge is 2.11. The smallest absolute Gasteiger partial charge is 0.223 e. The zero-order chi connectivity index (χ0) is 11.0. The lowest BCUT2D eigenvalue weighted by molar-refractivity contribution is 0.394. The van der Waals surface area contributed by atoms with E-state index in [1.807, 2.05) is 0 Å². The first-order chi connectivity index (χ1) is 7.83. The van der Waals surface area contributed by atoms with Crippen molar-refractivity contribution in [3.63, 3.8) is 0 Å². The maximum Gasteiger partial charge on any atom is 0.223 e. The second-order valence-electron chi connectivity index (χ2n) is 4.05. The highest BCUT2D eigenvalue weighted by Crippen LogP contribution is 2.22. The quantitative estimate of drug-likeness (QED) is 0.786. The Labute approximate surface area is 93.7 Å². The van der Waals surface area contributed by atoms with Crippen LogP contribution in [0.5, 0.6) is 0 Å². The van der Waals surface area contributed by atoms with Gasteiger partial charge >= 0.3 is 0 Å². The fraction of sp³-hybridized carbons (Fsp3) is 0.333. The second-order valence-corrected chi connectivity index (χ2v) is 4.05. The summed E-state index contributed by atoms with van der Waals surface area (Å²) in [5.74, 6) is 1.27. The van der Waals surface area contributed by atoms with Gasteiger partial charge in [-0.25, -0.2) is 0 Å². The van der Waals surface area contributed by atoms with Gasteiger partial charge in [0.2, 0.25) is 11.7 Å². The lowest BCUT2D eigenvalue weighted by atomic mass is 9.98. The molecule has 2 aromatic rings. The molecule has 1 aromatic carbocycles. The van der Waals surface area contributed by atoms with Crippen LogP contribution in [0.1, 0.15) is 17.0 Å². The largest absolute Gasteiger partial charge is 0.339 e. The molecule has 1 aliphatic rings. The van der Waals surface area contributed by atoms with Gasteiger partial charge in [-0.05, 0) is 30.2 Å². The SMILES string of the molecule is Cc1nc(-c2ccc3c(c2)CNCC3)no1. The number of benzene rings is 1. The highest BCUT2D eigenvalue weighted by atomic mass is 16.5. The zero-order valence-electron chi connectivity index (χ0n) is 9.16. The monoisotopic (exact) mass is 215 g/mol. The molecule has 2 heterocycles. The Morgan fingerprint density at radius 1 is 1.31 bits per heavy atom. The number of nitrogens with zero attached hydrogens (tertiary/aromatic N) is 2. The minimum atomic E-state index is 0.603. The molecule has 0 bridgehead atoms. The number of hydrogen-bond donors (Lipinski definition) is 1. The lowest BCUT2D eigenvalue weighted by Gasteiger charge is -2.17. The Balaban J connectivity index is 2.02. The predicted octanol–water partition coefficient (Wildman–Crippen LogP) is 1.69. The van der Waals surface area contributed by atoms with Gasteiger partial charge in [-0.1, -0.05) is 17.3 Å². The molecular weight excluding hydrogens is 202 g/mol. The average Bonchev–Trinajstić information content (AvgIpc) is 2.75. The topological polar surface area (TPSA) is 51.0 Å². The number of rotatable bonds is 1. The molecule has 16 heavy (non-hydrogen) atoms. The van der Waals surface area contributed by atoms with Crippen LogP contribution in [-0.4, -0.2) is 16.7 Å². The van der Waals surface area contributed by atoms with Crippen LogP contribution in [-0.2, 0) is 13.0 Å². The van der Waals surface area contributed by atoms with Gasteiger partial charge in [-0.15, -0.1) is 0 Å². The van der Waals surface area contributed by atoms with Crippen molar-refractivity contribution in [2.75, 3.05) is 6.54 Å². The third kappa shape index (κ3) is 1.61. The van der Waals surface area contributed by atoms with Crippen LogP contribution in [0.4, 0.5) is 0 Å². The molecule has 0 saturated heterocycles. The summed E-state index contributed by atoms with van der Waals surface area (Å²) in [5, 5.41) is 7.29. The third-order valence-corrected chi connectivity index (χ3v) is 2.88. The number of hydrogen-bond acceptors (Lipinski definition) is 4. The van der Waals surface area contributed by atoms with Gasteiger partial charge in [-0.3, -0.25) is 0 Å². The summed E-state index contributed by atoms with van der Waals surface area (Å²) in [6, 6.07) is 6.37. The number of fused-ring (bicyclic) bond motifs is 1. The van der Waals surface area contributed by atoms with E-state index in [1.54, 1.807) is 6.92 Å². The fourth-order valence-corrected chi connectivity index (χ4v) is 2.04. The van der Waals surface area contributed by atoms with E-state index in [9.17, 15) is 0 Å². The summed E-state index contributed by atoms with van der Waals surface area (Å²) in [6.07, 6.45) is 1.10. The summed E-state index contributed by atoms with van der Waals surface area (Å²) < 4.78 is 4.99. The van der Waals surface area contributed by atoms with Crippen LogP contribution in [0, 0.1) is 6.92 Å². The van der Waals surface area contributed by atoms with E-state index < -0.39 is 0 Å². The Bertz CT molecular complexity index is 519. The summed E-state index contributed by atoms with van der Waals surface area (Å²) >= 11 is 0. The van der Waals surface area contributed by atoms with E-state index in [4.69, 9.17) is 4.52 Å². The number of nitrogens with one attached hydrogen (secondary N) is 1. The van der Waals surface area contributed by atoms with Gasteiger partial charge in [0, 0.05) is 19.0 Å². The molecule has 82 valence electrons. The molecule has 4 nitrogen and oxygen atoms in total. The van der Waals surface area contributed by atoms with Gasteiger partial charge in [-0.2, -0.15) is 4.98 Å². The maximum absolute atomic E-state index is 4.99. The molecule has 0 aliphatic carbocycles. The van der Waals surface area contributed by atoms with Crippen molar-refractivity contribution in [3.8, 4) is 11.4 Å². The molecule has 0 saturated carbocycles. The Hall–Kier alpha value is -1.68. The first kappa shape index (κ1) is 9.54. The normalized spacial score (nSPS) is 14.8. The Kier molecular flexibility index (Phi) is 2.22. The van der Waals surface area contributed by atoms with E-state index in [0.29, 0.717) is 11.7 Å².